The molecule has 0 N–H and O–H groups in total. The number of halogens is 1. The summed E-state index contributed by atoms with van der Waals surface area (Å²) in [7, 11) is 1.68. The standard InChI is InChI=1S/C15H13BrN2OS/c1-19-13-7-14(20-10-13)15(16)11-8-17-18(9-11)12-5-3-2-4-6-12/h2-10,15H,1H3. The van der Waals surface area contributed by atoms with Crippen LogP contribution in [0, 0.1) is 0 Å². The molecule has 5 heteroatoms. The van der Waals surface area contributed by atoms with Crippen LogP contribution in [0.2, 0.25) is 0 Å². The minimum atomic E-state index is 0.133. The predicted octanol–water partition coefficient (Wildman–Crippen LogP) is 4.43. The van der Waals surface area contributed by atoms with Crippen molar-refractivity contribution >= 4 is 27.3 Å². The first kappa shape index (κ1) is 13.4. The zero-order valence-corrected chi connectivity index (χ0v) is 13.3. The lowest BCUT2D eigenvalue weighted by Gasteiger charge is -2.04. The van der Waals surface area contributed by atoms with Gasteiger partial charge in [0.2, 0.25) is 0 Å². The third kappa shape index (κ3) is 2.64. The average molecular weight is 349 g/mol. The summed E-state index contributed by atoms with van der Waals surface area (Å²) >= 11 is 5.40. The molecule has 0 amide bonds. The third-order valence-electron chi connectivity index (χ3n) is 3.00. The van der Waals surface area contributed by atoms with E-state index in [1.807, 2.05) is 58.9 Å². The number of methoxy groups -OCH3 is 1. The van der Waals surface area contributed by atoms with Crippen LogP contribution in [-0.2, 0) is 0 Å². The van der Waals surface area contributed by atoms with Crippen molar-refractivity contribution in [1.29, 1.82) is 0 Å². The van der Waals surface area contributed by atoms with Crippen LogP contribution < -0.4 is 4.74 Å². The van der Waals surface area contributed by atoms with Crippen molar-refractivity contribution < 1.29 is 4.74 Å². The monoisotopic (exact) mass is 348 g/mol. The maximum absolute atomic E-state index is 5.22. The summed E-state index contributed by atoms with van der Waals surface area (Å²) < 4.78 is 7.11. The van der Waals surface area contributed by atoms with Gasteiger partial charge >= 0.3 is 0 Å². The molecule has 3 nitrogen and oxygen atoms in total. The second-order valence-corrected chi connectivity index (χ2v) is 6.16. The number of benzene rings is 1. The lowest BCUT2D eigenvalue weighted by molar-refractivity contribution is 0.416. The number of hydrogen-bond acceptors (Lipinski definition) is 3. The number of rotatable bonds is 4. The molecule has 1 unspecified atom stereocenters. The van der Waals surface area contributed by atoms with E-state index < -0.39 is 0 Å². The van der Waals surface area contributed by atoms with Gasteiger partial charge in [0.05, 0.1) is 23.8 Å². The Labute approximate surface area is 130 Å². The van der Waals surface area contributed by atoms with Gasteiger partial charge in [-0.05, 0) is 18.2 Å². The Hall–Kier alpha value is -1.59. The van der Waals surface area contributed by atoms with Crippen molar-refractivity contribution in [3.05, 3.63) is 64.6 Å². The van der Waals surface area contributed by atoms with Crippen molar-refractivity contribution in [3.63, 3.8) is 0 Å². The molecule has 0 aliphatic carbocycles. The van der Waals surface area contributed by atoms with Crippen LogP contribution in [0.25, 0.3) is 5.69 Å². The predicted molar refractivity (Wildman–Crippen MR) is 85.2 cm³/mol. The van der Waals surface area contributed by atoms with Gasteiger partial charge in [-0.3, -0.25) is 0 Å². The zero-order valence-electron chi connectivity index (χ0n) is 10.9. The van der Waals surface area contributed by atoms with E-state index in [0.29, 0.717) is 0 Å². The van der Waals surface area contributed by atoms with Gasteiger partial charge in [-0.15, -0.1) is 11.3 Å². The Kier molecular flexibility index (Phi) is 3.89. The number of hydrogen-bond donors (Lipinski definition) is 0. The normalized spacial score (nSPS) is 12.3. The second kappa shape index (κ2) is 5.81. The molecule has 20 heavy (non-hydrogen) atoms. The van der Waals surface area contributed by atoms with E-state index in [9.17, 15) is 0 Å². The van der Waals surface area contributed by atoms with Gasteiger partial charge in [0.15, 0.2) is 0 Å². The molecule has 2 heterocycles. The zero-order chi connectivity index (χ0) is 13.9. The molecule has 0 spiro atoms. The summed E-state index contributed by atoms with van der Waals surface area (Å²) in [5, 5.41) is 6.43. The van der Waals surface area contributed by atoms with E-state index >= 15 is 0 Å². The number of alkyl halides is 1. The molecule has 102 valence electrons. The van der Waals surface area contributed by atoms with Gasteiger partial charge in [-0.2, -0.15) is 5.10 Å². The smallest absolute Gasteiger partial charge is 0.129 e. The fourth-order valence-electron chi connectivity index (χ4n) is 1.93. The first-order valence-electron chi connectivity index (χ1n) is 6.14. The van der Waals surface area contributed by atoms with Gasteiger partial charge in [-0.25, -0.2) is 4.68 Å². The van der Waals surface area contributed by atoms with Gasteiger partial charge in [0.1, 0.15) is 5.75 Å². The fraction of sp³-hybridized carbons (Fsp3) is 0.133. The highest BCUT2D eigenvalue weighted by atomic mass is 79.9. The quantitative estimate of drug-likeness (QED) is 0.652. The molecule has 0 saturated carbocycles. The molecule has 0 radical (unpaired) electrons. The van der Waals surface area contributed by atoms with E-state index in [-0.39, 0.29) is 4.83 Å². The van der Waals surface area contributed by atoms with Crippen LogP contribution in [0.3, 0.4) is 0 Å². The molecule has 3 aromatic rings. The van der Waals surface area contributed by atoms with E-state index in [1.54, 1.807) is 18.4 Å². The summed E-state index contributed by atoms with van der Waals surface area (Å²) in [5.74, 6) is 0.893. The Morgan fingerprint density at radius 1 is 1.30 bits per heavy atom. The SMILES string of the molecule is COc1csc(C(Br)c2cnn(-c3ccccc3)c2)c1. The summed E-state index contributed by atoms with van der Waals surface area (Å²) in [6, 6.07) is 12.1. The maximum atomic E-state index is 5.22. The average Bonchev–Trinajstić information content (AvgIpc) is 3.17. The highest BCUT2D eigenvalue weighted by Gasteiger charge is 2.15. The topological polar surface area (TPSA) is 27.1 Å². The first-order chi connectivity index (χ1) is 9.78. The van der Waals surface area contributed by atoms with E-state index in [2.05, 4.69) is 21.0 Å². The first-order valence-corrected chi connectivity index (χ1v) is 7.94. The molecule has 0 fully saturated rings. The molecule has 3 rings (SSSR count). The van der Waals surface area contributed by atoms with Crippen LogP contribution >= 0.6 is 27.3 Å². The van der Waals surface area contributed by atoms with Crippen LogP contribution in [0.1, 0.15) is 15.3 Å². The molecular formula is C15H13BrN2OS. The van der Waals surface area contributed by atoms with Crippen molar-refractivity contribution in [2.24, 2.45) is 0 Å². The third-order valence-corrected chi connectivity index (χ3v) is 5.30. The molecule has 0 aliphatic rings. The van der Waals surface area contributed by atoms with E-state index in [0.717, 1.165) is 17.0 Å². The lowest BCUT2D eigenvalue weighted by atomic mass is 10.2. The minimum absolute atomic E-state index is 0.133. The number of aromatic nitrogens is 2. The van der Waals surface area contributed by atoms with Crippen LogP contribution in [0.4, 0.5) is 0 Å². The van der Waals surface area contributed by atoms with E-state index in [4.69, 9.17) is 4.74 Å². The Morgan fingerprint density at radius 3 is 2.80 bits per heavy atom. The molecule has 1 atom stereocenters. The maximum Gasteiger partial charge on any atom is 0.129 e. The van der Waals surface area contributed by atoms with Crippen LogP contribution in [0.15, 0.2) is 54.2 Å². The molecule has 0 saturated heterocycles. The summed E-state index contributed by atoms with van der Waals surface area (Å²) in [5.41, 5.74) is 2.18. The summed E-state index contributed by atoms with van der Waals surface area (Å²) in [4.78, 5) is 1.34. The Morgan fingerprint density at radius 2 is 2.10 bits per heavy atom. The Balaban J connectivity index is 1.86. The molecule has 0 aliphatic heterocycles. The van der Waals surface area contributed by atoms with Gasteiger partial charge in [0.25, 0.3) is 0 Å². The highest BCUT2D eigenvalue weighted by Crippen LogP contribution is 2.36. The van der Waals surface area contributed by atoms with Crippen molar-refractivity contribution in [2.75, 3.05) is 7.11 Å². The van der Waals surface area contributed by atoms with Crippen LogP contribution in [0.5, 0.6) is 5.75 Å². The summed E-state index contributed by atoms with van der Waals surface area (Å²) in [6.45, 7) is 0. The van der Waals surface area contributed by atoms with Gasteiger partial charge < -0.3 is 4.74 Å². The van der Waals surface area contributed by atoms with Gasteiger partial charge in [0, 0.05) is 22.0 Å². The van der Waals surface area contributed by atoms with Crippen molar-refractivity contribution in [2.45, 2.75) is 4.83 Å². The second-order valence-electron chi connectivity index (χ2n) is 4.31. The number of nitrogens with zero attached hydrogens (tertiary/aromatic N) is 2. The Bertz CT molecular complexity index is 693. The number of ether oxygens (including phenoxy) is 1. The van der Waals surface area contributed by atoms with E-state index in [1.165, 1.54) is 4.88 Å². The minimum Gasteiger partial charge on any atom is -0.496 e. The number of thiophene rings is 1. The van der Waals surface area contributed by atoms with Crippen molar-refractivity contribution in [3.8, 4) is 11.4 Å². The number of para-hydroxylation sites is 1. The highest BCUT2D eigenvalue weighted by molar-refractivity contribution is 9.09. The van der Waals surface area contributed by atoms with Crippen molar-refractivity contribution in [1.82, 2.24) is 9.78 Å². The molecular weight excluding hydrogens is 336 g/mol. The molecule has 2 aromatic heterocycles. The lowest BCUT2D eigenvalue weighted by Crippen LogP contribution is -1.93. The largest absolute Gasteiger partial charge is 0.496 e. The molecule has 0 bridgehead atoms. The van der Waals surface area contributed by atoms with Gasteiger partial charge in [-0.1, -0.05) is 34.1 Å². The summed E-state index contributed by atoms with van der Waals surface area (Å²) in [6.07, 6.45) is 3.93. The fourth-order valence-corrected chi connectivity index (χ4v) is 3.48. The van der Waals surface area contributed by atoms with Crippen LogP contribution in [-0.4, -0.2) is 16.9 Å². The molecule has 1 aromatic carbocycles.